The highest BCUT2D eigenvalue weighted by molar-refractivity contribution is 6.04. The highest BCUT2D eigenvalue weighted by Crippen LogP contribution is 2.40. The maximum absolute atomic E-state index is 5.46. The topological polar surface area (TPSA) is 38.7 Å². The molecule has 0 atom stereocenters. The van der Waals surface area contributed by atoms with Gasteiger partial charge >= 0.3 is 0 Å². The number of hydrogen-bond acceptors (Lipinski definition) is 3. The normalized spacial score (nSPS) is 11.0. The third kappa shape index (κ3) is 4.68. The fourth-order valence-electron chi connectivity index (χ4n) is 5.51. The SMILES string of the molecule is Cc1cc(-c2ccccc2)c2nc(-c3ccc(-c4ccncc4)cc3)c(-c3ccccc3)nc2c1-c1ccccc1. The number of pyridine rings is 1. The smallest absolute Gasteiger partial charge is 0.0982 e. The fraction of sp³-hybridized carbons (Fsp3) is 0.0263. The predicted octanol–water partition coefficient (Wildman–Crippen LogP) is 9.67. The van der Waals surface area contributed by atoms with Crippen molar-refractivity contribution >= 4 is 11.0 Å². The third-order valence-electron chi connectivity index (χ3n) is 7.51. The van der Waals surface area contributed by atoms with E-state index in [-0.39, 0.29) is 0 Å². The van der Waals surface area contributed by atoms with Crippen molar-refractivity contribution in [2.45, 2.75) is 6.92 Å². The van der Waals surface area contributed by atoms with E-state index < -0.39 is 0 Å². The van der Waals surface area contributed by atoms with E-state index in [2.05, 4.69) is 115 Å². The van der Waals surface area contributed by atoms with Crippen molar-refractivity contribution in [2.24, 2.45) is 0 Å². The van der Waals surface area contributed by atoms with E-state index in [1.165, 1.54) is 5.56 Å². The van der Waals surface area contributed by atoms with Gasteiger partial charge in [-0.3, -0.25) is 4.98 Å². The summed E-state index contributed by atoms with van der Waals surface area (Å²) in [7, 11) is 0. The average molecular weight is 526 g/mol. The predicted molar refractivity (Wildman–Crippen MR) is 169 cm³/mol. The van der Waals surface area contributed by atoms with Gasteiger partial charge in [0.2, 0.25) is 0 Å². The summed E-state index contributed by atoms with van der Waals surface area (Å²) >= 11 is 0. The summed E-state index contributed by atoms with van der Waals surface area (Å²) in [6.45, 7) is 2.17. The molecule has 0 aliphatic heterocycles. The van der Waals surface area contributed by atoms with Crippen molar-refractivity contribution in [3.8, 4) is 55.9 Å². The molecular formula is C38H27N3. The Morgan fingerprint density at radius 2 is 0.878 bits per heavy atom. The molecule has 5 aromatic carbocycles. The van der Waals surface area contributed by atoms with E-state index >= 15 is 0 Å². The van der Waals surface area contributed by atoms with Crippen LogP contribution in [0.3, 0.4) is 0 Å². The quantitative estimate of drug-likeness (QED) is 0.224. The van der Waals surface area contributed by atoms with E-state index in [1.54, 1.807) is 0 Å². The number of hydrogen-bond donors (Lipinski definition) is 0. The molecule has 7 rings (SSSR count). The van der Waals surface area contributed by atoms with Crippen molar-refractivity contribution in [1.82, 2.24) is 15.0 Å². The number of benzene rings is 5. The second-order valence-electron chi connectivity index (χ2n) is 10.1. The van der Waals surface area contributed by atoms with Crippen LogP contribution in [0, 0.1) is 6.92 Å². The Morgan fingerprint density at radius 1 is 0.415 bits per heavy atom. The lowest BCUT2D eigenvalue weighted by Crippen LogP contribution is -2.00. The molecule has 3 heteroatoms. The minimum absolute atomic E-state index is 0.866. The zero-order valence-electron chi connectivity index (χ0n) is 22.7. The van der Waals surface area contributed by atoms with Crippen LogP contribution in [0.1, 0.15) is 5.56 Å². The fourth-order valence-corrected chi connectivity index (χ4v) is 5.51. The summed E-state index contributed by atoms with van der Waals surface area (Å²) in [4.78, 5) is 15.1. The molecule has 0 saturated heterocycles. The van der Waals surface area contributed by atoms with Crippen molar-refractivity contribution in [2.75, 3.05) is 0 Å². The first kappa shape index (κ1) is 24.6. The van der Waals surface area contributed by atoms with Gasteiger partial charge < -0.3 is 0 Å². The molecule has 0 saturated carbocycles. The van der Waals surface area contributed by atoms with E-state index in [1.807, 2.05) is 42.7 Å². The number of fused-ring (bicyclic) bond motifs is 1. The summed E-state index contributed by atoms with van der Waals surface area (Å²) < 4.78 is 0. The Morgan fingerprint density at radius 3 is 1.49 bits per heavy atom. The lowest BCUT2D eigenvalue weighted by Gasteiger charge is -2.18. The van der Waals surface area contributed by atoms with Gasteiger partial charge in [0.15, 0.2) is 0 Å². The Balaban J connectivity index is 1.54. The van der Waals surface area contributed by atoms with E-state index in [0.29, 0.717) is 0 Å². The van der Waals surface area contributed by atoms with Crippen LogP contribution < -0.4 is 0 Å². The molecule has 0 spiro atoms. The number of aryl methyl sites for hydroxylation is 1. The minimum atomic E-state index is 0.866. The van der Waals surface area contributed by atoms with Crippen LogP contribution >= 0.6 is 0 Å². The first-order valence-corrected chi connectivity index (χ1v) is 13.8. The molecule has 3 nitrogen and oxygen atoms in total. The Bertz CT molecular complexity index is 1950. The van der Waals surface area contributed by atoms with Crippen LogP contribution in [-0.2, 0) is 0 Å². The molecule has 2 heterocycles. The lowest BCUT2D eigenvalue weighted by molar-refractivity contribution is 1.28. The Hall–Kier alpha value is -5.41. The molecule has 0 aliphatic carbocycles. The maximum Gasteiger partial charge on any atom is 0.0982 e. The first-order chi connectivity index (χ1) is 20.3. The number of nitrogens with zero attached hydrogens (tertiary/aromatic N) is 3. The zero-order valence-corrected chi connectivity index (χ0v) is 22.7. The third-order valence-corrected chi connectivity index (χ3v) is 7.51. The van der Waals surface area contributed by atoms with Crippen LogP contribution in [0.5, 0.6) is 0 Å². The Kier molecular flexibility index (Phi) is 6.38. The van der Waals surface area contributed by atoms with Crippen LogP contribution in [-0.4, -0.2) is 15.0 Å². The largest absolute Gasteiger partial charge is 0.265 e. The van der Waals surface area contributed by atoms with Crippen molar-refractivity contribution in [3.63, 3.8) is 0 Å². The van der Waals surface area contributed by atoms with Crippen molar-refractivity contribution in [1.29, 1.82) is 0 Å². The molecule has 2 aromatic heterocycles. The van der Waals surface area contributed by atoms with Crippen LogP contribution in [0.2, 0.25) is 0 Å². The average Bonchev–Trinajstić information content (AvgIpc) is 3.05. The number of rotatable bonds is 5. The lowest BCUT2D eigenvalue weighted by atomic mass is 9.92. The van der Waals surface area contributed by atoms with Gasteiger partial charge in [0.05, 0.1) is 22.4 Å². The molecule has 0 bridgehead atoms. The number of aromatic nitrogens is 3. The second kappa shape index (κ2) is 10.6. The van der Waals surface area contributed by atoms with Crippen molar-refractivity contribution < 1.29 is 0 Å². The molecule has 0 fully saturated rings. The highest BCUT2D eigenvalue weighted by atomic mass is 14.8. The Labute approximate surface area is 239 Å². The molecule has 0 unspecified atom stereocenters. The van der Waals surface area contributed by atoms with Crippen molar-refractivity contribution in [3.05, 3.63) is 151 Å². The molecule has 0 radical (unpaired) electrons. The van der Waals surface area contributed by atoms with Gasteiger partial charge in [-0.1, -0.05) is 115 Å². The molecule has 0 aliphatic rings. The minimum Gasteiger partial charge on any atom is -0.265 e. The second-order valence-corrected chi connectivity index (χ2v) is 10.1. The van der Waals surface area contributed by atoms with Gasteiger partial charge in [-0.2, -0.15) is 0 Å². The van der Waals surface area contributed by atoms with E-state index in [4.69, 9.17) is 9.97 Å². The molecule has 194 valence electrons. The monoisotopic (exact) mass is 525 g/mol. The maximum atomic E-state index is 5.46. The van der Waals surface area contributed by atoms with Gasteiger partial charge in [0.25, 0.3) is 0 Å². The summed E-state index contributed by atoms with van der Waals surface area (Å²) in [6, 6.07) is 46.3. The van der Waals surface area contributed by atoms with Crippen LogP contribution in [0.25, 0.3) is 66.9 Å². The standard InChI is InChI=1S/C38H27N3/c1-26-25-33(29-11-5-2-6-12-29)37-38(34(26)30-13-7-3-8-14-30)41-35(31-15-9-4-10-16-31)36(40-37)32-19-17-27(18-20-32)28-21-23-39-24-22-28/h2-25H,1H3. The van der Waals surface area contributed by atoms with Gasteiger partial charge in [0, 0.05) is 34.6 Å². The van der Waals surface area contributed by atoms with Crippen LogP contribution in [0.4, 0.5) is 0 Å². The van der Waals surface area contributed by atoms with Gasteiger partial charge in [-0.05, 0) is 52.9 Å². The molecule has 0 N–H and O–H groups in total. The van der Waals surface area contributed by atoms with Crippen LogP contribution in [0.15, 0.2) is 146 Å². The summed E-state index contributed by atoms with van der Waals surface area (Å²) in [5.74, 6) is 0. The molecular weight excluding hydrogens is 498 g/mol. The summed E-state index contributed by atoms with van der Waals surface area (Å²) in [6.07, 6.45) is 3.64. The van der Waals surface area contributed by atoms with Gasteiger partial charge in [-0.25, -0.2) is 9.97 Å². The first-order valence-electron chi connectivity index (χ1n) is 13.8. The zero-order chi connectivity index (χ0) is 27.6. The van der Waals surface area contributed by atoms with E-state index in [0.717, 1.165) is 66.9 Å². The summed E-state index contributed by atoms with van der Waals surface area (Å²) in [5, 5.41) is 0. The molecule has 7 aromatic rings. The molecule has 0 amide bonds. The summed E-state index contributed by atoms with van der Waals surface area (Å²) in [5.41, 5.74) is 13.5. The van der Waals surface area contributed by atoms with E-state index in [9.17, 15) is 0 Å². The van der Waals surface area contributed by atoms with Gasteiger partial charge in [-0.15, -0.1) is 0 Å². The van der Waals surface area contributed by atoms with Gasteiger partial charge in [0.1, 0.15) is 0 Å². The highest BCUT2D eigenvalue weighted by Gasteiger charge is 2.20. The molecule has 41 heavy (non-hydrogen) atoms.